The molecule has 1 aliphatic carbocycles. The first-order valence-electron chi connectivity index (χ1n) is 22.9. The van der Waals surface area contributed by atoms with Crippen molar-refractivity contribution in [2.75, 3.05) is 26.4 Å². The molecule has 0 aromatic rings. The third-order valence-electron chi connectivity index (χ3n) is 11.1. The van der Waals surface area contributed by atoms with Crippen LogP contribution >= 0.6 is 15.6 Å². The fourth-order valence-electron chi connectivity index (χ4n) is 7.16. The monoisotopic (exact) mass is 914 g/mol. The number of rotatable bonds is 39. The highest BCUT2D eigenvalue weighted by atomic mass is 31.2. The lowest BCUT2D eigenvalue weighted by Crippen LogP contribution is -2.30. The van der Waals surface area contributed by atoms with E-state index in [1.165, 1.54) is 44.9 Å². The van der Waals surface area contributed by atoms with Gasteiger partial charge in [-0.05, 0) is 31.6 Å². The smallest absolute Gasteiger partial charge is 0.462 e. The first kappa shape index (κ1) is 57.5. The number of ether oxygens (including phenoxy) is 2. The molecule has 8 atom stereocenters. The number of unbranched alkanes of at least 4 members (excludes halogenated alkanes) is 14. The van der Waals surface area contributed by atoms with E-state index in [1.54, 1.807) is 12.2 Å². The molecule has 0 aliphatic heterocycles. The van der Waals surface area contributed by atoms with Crippen molar-refractivity contribution in [2.24, 2.45) is 17.8 Å². The van der Waals surface area contributed by atoms with Crippen molar-refractivity contribution in [1.29, 1.82) is 0 Å². The minimum atomic E-state index is -4.89. The van der Waals surface area contributed by atoms with Gasteiger partial charge in [0.15, 0.2) is 6.10 Å². The maximum atomic E-state index is 12.7. The molecule has 358 valence electrons. The van der Waals surface area contributed by atoms with Crippen LogP contribution in [-0.4, -0.2) is 98.6 Å². The van der Waals surface area contributed by atoms with Gasteiger partial charge in [0, 0.05) is 31.1 Å². The van der Waals surface area contributed by atoms with Crippen molar-refractivity contribution in [2.45, 2.75) is 199 Å². The molecule has 0 aromatic carbocycles. The Kier molecular flexibility index (Phi) is 31.9. The molecule has 0 saturated heterocycles. The molecule has 61 heavy (non-hydrogen) atoms. The number of hydrogen-bond donors (Lipinski definition) is 6. The van der Waals surface area contributed by atoms with E-state index in [-0.39, 0.29) is 36.9 Å². The van der Waals surface area contributed by atoms with E-state index in [1.807, 2.05) is 0 Å². The lowest BCUT2D eigenvalue weighted by molar-refractivity contribution is -0.161. The summed E-state index contributed by atoms with van der Waals surface area (Å²) in [5.41, 5.74) is 0. The Hall–Kier alpha value is -1.55. The summed E-state index contributed by atoms with van der Waals surface area (Å²) in [7, 11) is -9.75. The highest BCUT2D eigenvalue weighted by Gasteiger charge is 2.39. The number of aliphatic hydroxyl groups excluding tert-OH is 3. The van der Waals surface area contributed by atoms with Crippen LogP contribution in [0.4, 0.5) is 0 Å². The molecular formula is C43H80O16P2. The van der Waals surface area contributed by atoms with Crippen LogP contribution in [0.15, 0.2) is 12.2 Å². The normalized spacial score (nSPS) is 20.1. The van der Waals surface area contributed by atoms with Gasteiger partial charge in [-0.3, -0.25) is 28.0 Å². The zero-order valence-electron chi connectivity index (χ0n) is 37.2. The molecule has 1 fully saturated rings. The van der Waals surface area contributed by atoms with E-state index in [0.717, 1.165) is 57.3 Å². The Balaban J connectivity index is 2.52. The standard InChI is InChI=1S/C43H80O16P2/c1-4-6-17-23-35(44)27-28-39-38(40(46)29-41(39)47)24-19-15-16-20-25-42(48)55-32-37(33-58-61(53,54)57-31-36(45)30-56-60(50,51)52)59-43(49)26-21-14-12-10-8-7-9-11-13-18-22-34(3)5-2/h27-28,34-39,41,44-45,47H,4-26,29-33H2,1-3H3,(H,53,54)(H2,50,51,52)/b28-27+/t34?,35-,36-,37+,38+,39+,41+/m0/s1. The molecule has 0 bridgehead atoms. The summed E-state index contributed by atoms with van der Waals surface area (Å²) in [4.78, 5) is 65.5. The van der Waals surface area contributed by atoms with E-state index in [9.17, 15) is 43.7 Å². The van der Waals surface area contributed by atoms with Crippen LogP contribution < -0.4 is 0 Å². The number of aliphatic hydroxyl groups is 3. The lowest BCUT2D eigenvalue weighted by atomic mass is 9.88. The predicted molar refractivity (Wildman–Crippen MR) is 231 cm³/mol. The average Bonchev–Trinajstić information content (AvgIpc) is 3.48. The minimum Gasteiger partial charge on any atom is -0.462 e. The topological polar surface area (TPSA) is 253 Å². The second kappa shape index (κ2) is 33.9. The molecular weight excluding hydrogens is 834 g/mol. The number of phosphoric acid groups is 2. The fourth-order valence-corrected chi connectivity index (χ4v) is 8.32. The fraction of sp³-hybridized carbons (Fsp3) is 0.884. The van der Waals surface area contributed by atoms with Crippen LogP contribution in [0.1, 0.15) is 175 Å². The van der Waals surface area contributed by atoms with Crippen LogP contribution in [0.5, 0.6) is 0 Å². The number of carbonyl (C=O) groups is 3. The number of phosphoric ester groups is 2. The Labute approximate surface area is 364 Å². The molecule has 1 aliphatic rings. The number of carbonyl (C=O) groups excluding carboxylic acids is 3. The van der Waals surface area contributed by atoms with Crippen LogP contribution in [0.3, 0.4) is 0 Å². The lowest BCUT2D eigenvalue weighted by Gasteiger charge is -2.20. The van der Waals surface area contributed by atoms with E-state index in [2.05, 4.69) is 29.8 Å². The first-order valence-corrected chi connectivity index (χ1v) is 25.9. The summed E-state index contributed by atoms with van der Waals surface area (Å²) in [6.07, 6.45) is 19.7. The second-order valence-corrected chi connectivity index (χ2v) is 19.4. The Morgan fingerprint density at radius 1 is 0.721 bits per heavy atom. The maximum absolute atomic E-state index is 12.7. The highest BCUT2D eigenvalue weighted by molar-refractivity contribution is 7.47. The molecule has 0 heterocycles. The molecule has 1 saturated carbocycles. The molecule has 0 spiro atoms. The van der Waals surface area contributed by atoms with Crippen molar-refractivity contribution in [3.8, 4) is 0 Å². The number of Topliss-reactive ketones (excluding diaryl/α,β-unsaturated/α-hetero) is 1. The van der Waals surface area contributed by atoms with Gasteiger partial charge in [0.05, 0.1) is 32.0 Å². The molecule has 0 radical (unpaired) electrons. The molecule has 18 heteroatoms. The van der Waals surface area contributed by atoms with E-state index in [4.69, 9.17) is 23.8 Å². The summed E-state index contributed by atoms with van der Waals surface area (Å²) in [6, 6.07) is 0. The summed E-state index contributed by atoms with van der Waals surface area (Å²) in [6.45, 7) is 3.72. The Morgan fingerprint density at radius 3 is 1.87 bits per heavy atom. The van der Waals surface area contributed by atoms with Crippen molar-refractivity contribution in [1.82, 2.24) is 0 Å². The largest absolute Gasteiger partial charge is 0.472 e. The molecule has 1 rings (SSSR count). The molecule has 16 nitrogen and oxygen atoms in total. The number of ketones is 1. The second-order valence-electron chi connectivity index (χ2n) is 16.7. The molecule has 0 amide bonds. The van der Waals surface area contributed by atoms with Gasteiger partial charge in [-0.1, -0.05) is 142 Å². The summed E-state index contributed by atoms with van der Waals surface area (Å²) in [5.74, 6) is -1.02. The predicted octanol–water partition coefficient (Wildman–Crippen LogP) is 8.18. The van der Waals surface area contributed by atoms with Gasteiger partial charge in [0.25, 0.3) is 0 Å². The van der Waals surface area contributed by atoms with Crippen molar-refractivity contribution in [3.63, 3.8) is 0 Å². The van der Waals surface area contributed by atoms with Gasteiger partial charge in [-0.2, -0.15) is 0 Å². The van der Waals surface area contributed by atoms with Crippen LogP contribution in [0.2, 0.25) is 0 Å². The zero-order chi connectivity index (χ0) is 45.5. The van der Waals surface area contributed by atoms with Crippen molar-refractivity contribution in [3.05, 3.63) is 12.2 Å². The van der Waals surface area contributed by atoms with E-state index >= 15 is 0 Å². The molecule has 2 unspecified atom stereocenters. The average molecular weight is 915 g/mol. The van der Waals surface area contributed by atoms with Gasteiger partial charge in [-0.15, -0.1) is 0 Å². The minimum absolute atomic E-state index is 0.0130. The molecule has 6 N–H and O–H groups in total. The van der Waals surface area contributed by atoms with Gasteiger partial charge in [0.1, 0.15) is 18.5 Å². The van der Waals surface area contributed by atoms with Gasteiger partial charge < -0.3 is 39.5 Å². The van der Waals surface area contributed by atoms with Crippen molar-refractivity contribution >= 4 is 33.4 Å². The van der Waals surface area contributed by atoms with Crippen molar-refractivity contribution < 1.29 is 76.6 Å². The Morgan fingerprint density at radius 2 is 1.26 bits per heavy atom. The van der Waals surface area contributed by atoms with Crippen LogP contribution in [0.25, 0.3) is 0 Å². The van der Waals surface area contributed by atoms with Crippen LogP contribution in [-0.2, 0) is 46.6 Å². The Bertz CT molecular complexity index is 1310. The first-order chi connectivity index (χ1) is 29.0. The molecule has 0 aromatic heterocycles. The van der Waals surface area contributed by atoms with Crippen LogP contribution in [0, 0.1) is 17.8 Å². The van der Waals surface area contributed by atoms with E-state index in [0.29, 0.717) is 38.5 Å². The maximum Gasteiger partial charge on any atom is 0.472 e. The summed E-state index contributed by atoms with van der Waals surface area (Å²) < 4.78 is 47.8. The van der Waals surface area contributed by atoms with E-state index < -0.39 is 78.4 Å². The van der Waals surface area contributed by atoms with Gasteiger partial charge in [-0.25, -0.2) is 9.13 Å². The number of esters is 2. The zero-order valence-corrected chi connectivity index (χ0v) is 38.9. The third-order valence-corrected chi connectivity index (χ3v) is 12.5. The third kappa shape index (κ3) is 31.1. The quantitative estimate of drug-likeness (QED) is 0.0147. The SMILES string of the molecule is CCCCC[C@H](O)/C=C/[C@H]1[C@H](O)CC(=O)[C@@H]1CCCCCCC(=O)OC[C@H](COP(=O)(O)OC[C@@H](O)COP(=O)(O)O)OC(=O)CCCCCCCCCCCCC(C)CC. The highest BCUT2D eigenvalue weighted by Crippen LogP contribution is 2.44. The summed E-state index contributed by atoms with van der Waals surface area (Å²) >= 11 is 0. The summed E-state index contributed by atoms with van der Waals surface area (Å²) in [5, 5.41) is 30.5. The van der Waals surface area contributed by atoms with Gasteiger partial charge in [0.2, 0.25) is 0 Å². The number of hydrogen-bond acceptors (Lipinski definition) is 13. The van der Waals surface area contributed by atoms with Gasteiger partial charge >= 0.3 is 27.6 Å².